The zero-order valence-electron chi connectivity index (χ0n) is 12.6. The lowest BCUT2D eigenvalue weighted by molar-refractivity contribution is 0.0746. The summed E-state index contributed by atoms with van der Waals surface area (Å²) < 4.78 is 5.08. The first kappa shape index (κ1) is 14.4. The van der Waals surface area contributed by atoms with Crippen LogP contribution in [0.1, 0.15) is 10.4 Å². The predicted octanol–water partition coefficient (Wildman–Crippen LogP) is 2.05. The summed E-state index contributed by atoms with van der Waals surface area (Å²) in [5.41, 5.74) is 1.83. The molecule has 3 rings (SSSR count). The fraction of sp³-hybridized carbons (Fsp3) is 0.294. The maximum absolute atomic E-state index is 12.5. The lowest BCUT2D eigenvalue weighted by Gasteiger charge is -2.36. The molecule has 1 amide bonds. The van der Waals surface area contributed by atoms with Gasteiger partial charge in [0, 0.05) is 49.7 Å². The average Bonchev–Trinajstić information content (AvgIpc) is 2.62. The van der Waals surface area contributed by atoms with Crippen molar-refractivity contribution in [3.8, 4) is 5.88 Å². The molecule has 0 radical (unpaired) electrons. The van der Waals surface area contributed by atoms with E-state index in [1.807, 2.05) is 23.1 Å². The molecule has 0 spiro atoms. The van der Waals surface area contributed by atoms with E-state index in [4.69, 9.17) is 4.74 Å². The molecular weight excluding hydrogens is 278 g/mol. The van der Waals surface area contributed by atoms with Crippen LogP contribution in [0, 0.1) is 0 Å². The summed E-state index contributed by atoms with van der Waals surface area (Å²) in [4.78, 5) is 20.8. The van der Waals surface area contributed by atoms with Crippen LogP contribution < -0.4 is 9.64 Å². The van der Waals surface area contributed by atoms with Gasteiger partial charge >= 0.3 is 0 Å². The second kappa shape index (κ2) is 6.47. The van der Waals surface area contributed by atoms with Gasteiger partial charge in [0.25, 0.3) is 5.91 Å². The number of aromatic nitrogens is 1. The van der Waals surface area contributed by atoms with Crippen LogP contribution in [0.2, 0.25) is 0 Å². The van der Waals surface area contributed by atoms with Gasteiger partial charge in [0.1, 0.15) is 0 Å². The van der Waals surface area contributed by atoms with Gasteiger partial charge in [-0.05, 0) is 18.2 Å². The van der Waals surface area contributed by atoms with E-state index in [0.717, 1.165) is 26.2 Å². The van der Waals surface area contributed by atoms with Gasteiger partial charge in [-0.2, -0.15) is 0 Å². The van der Waals surface area contributed by atoms with Crippen molar-refractivity contribution in [2.75, 3.05) is 38.2 Å². The van der Waals surface area contributed by atoms with Crippen molar-refractivity contribution >= 4 is 11.6 Å². The van der Waals surface area contributed by atoms with Gasteiger partial charge < -0.3 is 14.5 Å². The number of hydrogen-bond acceptors (Lipinski definition) is 4. The second-order valence-corrected chi connectivity index (χ2v) is 5.20. The van der Waals surface area contributed by atoms with Gasteiger partial charge in [0.15, 0.2) is 0 Å². The Bertz CT molecular complexity index is 637. The first-order valence-electron chi connectivity index (χ1n) is 7.37. The van der Waals surface area contributed by atoms with Crippen molar-refractivity contribution in [3.63, 3.8) is 0 Å². The Hall–Kier alpha value is -2.56. The predicted molar refractivity (Wildman–Crippen MR) is 85.3 cm³/mol. The van der Waals surface area contributed by atoms with Crippen LogP contribution in [0.5, 0.6) is 5.88 Å². The topological polar surface area (TPSA) is 45.7 Å². The summed E-state index contributed by atoms with van der Waals surface area (Å²) in [5.74, 6) is 0.502. The molecule has 1 aromatic heterocycles. The molecule has 0 bridgehead atoms. The highest BCUT2D eigenvalue weighted by atomic mass is 16.5. The first-order chi connectivity index (χ1) is 10.8. The van der Waals surface area contributed by atoms with Gasteiger partial charge in [-0.3, -0.25) is 4.79 Å². The normalized spacial score (nSPS) is 14.8. The molecule has 1 fully saturated rings. The highest BCUT2D eigenvalue weighted by molar-refractivity contribution is 5.94. The molecule has 114 valence electrons. The molecule has 22 heavy (non-hydrogen) atoms. The number of benzene rings is 1. The highest BCUT2D eigenvalue weighted by Gasteiger charge is 2.22. The Kier molecular flexibility index (Phi) is 4.23. The summed E-state index contributed by atoms with van der Waals surface area (Å²) >= 11 is 0. The summed E-state index contributed by atoms with van der Waals surface area (Å²) in [6.07, 6.45) is 1.60. The van der Waals surface area contributed by atoms with Crippen LogP contribution in [-0.2, 0) is 0 Å². The van der Waals surface area contributed by atoms with E-state index in [9.17, 15) is 4.79 Å². The van der Waals surface area contributed by atoms with E-state index in [1.54, 1.807) is 25.4 Å². The molecule has 0 saturated carbocycles. The summed E-state index contributed by atoms with van der Waals surface area (Å²) in [7, 11) is 1.55. The number of hydrogen-bond donors (Lipinski definition) is 0. The third-order valence-electron chi connectivity index (χ3n) is 3.88. The number of piperazine rings is 1. The Morgan fingerprint density at radius 2 is 1.82 bits per heavy atom. The fourth-order valence-electron chi connectivity index (χ4n) is 2.64. The Morgan fingerprint density at radius 1 is 1.09 bits per heavy atom. The Balaban J connectivity index is 1.64. The molecule has 5 nitrogen and oxygen atoms in total. The van der Waals surface area contributed by atoms with Crippen molar-refractivity contribution in [1.82, 2.24) is 9.88 Å². The monoisotopic (exact) mass is 297 g/mol. The zero-order valence-corrected chi connectivity index (χ0v) is 12.6. The third-order valence-corrected chi connectivity index (χ3v) is 3.88. The van der Waals surface area contributed by atoms with E-state index in [-0.39, 0.29) is 5.91 Å². The second-order valence-electron chi connectivity index (χ2n) is 5.20. The number of pyridine rings is 1. The van der Waals surface area contributed by atoms with Gasteiger partial charge in [-0.1, -0.05) is 18.2 Å². The Labute approximate surface area is 130 Å². The fourth-order valence-corrected chi connectivity index (χ4v) is 2.64. The van der Waals surface area contributed by atoms with Gasteiger partial charge in [0.2, 0.25) is 5.88 Å². The minimum Gasteiger partial charge on any atom is -0.481 e. The van der Waals surface area contributed by atoms with Crippen LogP contribution in [0.3, 0.4) is 0 Å². The first-order valence-corrected chi connectivity index (χ1v) is 7.37. The number of nitrogens with zero attached hydrogens (tertiary/aromatic N) is 3. The van der Waals surface area contributed by atoms with Crippen LogP contribution in [0.15, 0.2) is 48.7 Å². The number of anilines is 1. The number of ether oxygens (including phenoxy) is 1. The van der Waals surface area contributed by atoms with Crippen LogP contribution >= 0.6 is 0 Å². The zero-order chi connectivity index (χ0) is 15.4. The summed E-state index contributed by atoms with van der Waals surface area (Å²) in [6.45, 7) is 3.13. The van der Waals surface area contributed by atoms with Crippen LogP contribution in [0.4, 0.5) is 5.69 Å². The quantitative estimate of drug-likeness (QED) is 0.870. The SMILES string of the molecule is COc1cc(C(=O)N2CCN(c3ccccc3)CC2)ccn1. The number of para-hydroxylation sites is 1. The molecule has 1 aliphatic rings. The van der Waals surface area contributed by atoms with Crippen LogP contribution in [-0.4, -0.2) is 49.1 Å². The molecule has 1 saturated heterocycles. The minimum atomic E-state index is 0.0356. The molecular formula is C17H19N3O2. The van der Waals surface area contributed by atoms with Gasteiger partial charge in [0.05, 0.1) is 7.11 Å². The van der Waals surface area contributed by atoms with E-state index >= 15 is 0 Å². The van der Waals surface area contributed by atoms with E-state index in [2.05, 4.69) is 22.0 Å². The van der Waals surface area contributed by atoms with Crippen LogP contribution in [0.25, 0.3) is 0 Å². The number of carbonyl (C=O) groups excluding carboxylic acids is 1. The summed E-state index contributed by atoms with van der Waals surface area (Å²) in [6, 6.07) is 13.7. The average molecular weight is 297 g/mol. The molecule has 1 aromatic carbocycles. The van der Waals surface area contributed by atoms with Crippen molar-refractivity contribution in [3.05, 3.63) is 54.2 Å². The molecule has 2 aromatic rings. The largest absolute Gasteiger partial charge is 0.481 e. The maximum Gasteiger partial charge on any atom is 0.254 e. The lowest BCUT2D eigenvalue weighted by atomic mass is 10.2. The molecule has 0 N–H and O–H groups in total. The van der Waals surface area contributed by atoms with Crippen molar-refractivity contribution in [1.29, 1.82) is 0 Å². The number of methoxy groups -OCH3 is 1. The number of amides is 1. The van der Waals surface area contributed by atoms with Crippen molar-refractivity contribution in [2.45, 2.75) is 0 Å². The molecule has 0 unspecified atom stereocenters. The molecule has 2 heterocycles. The van der Waals surface area contributed by atoms with E-state index < -0.39 is 0 Å². The minimum absolute atomic E-state index is 0.0356. The standard InChI is InChI=1S/C17H19N3O2/c1-22-16-13-14(7-8-18-16)17(21)20-11-9-19(10-12-20)15-5-3-2-4-6-15/h2-8,13H,9-12H2,1H3. The molecule has 0 aliphatic carbocycles. The summed E-state index contributed by atoms with van der Waals surface area (Å²) in [5, 5.41) is 0. The van der Waals surface area contributed by atoms with Gasteiger partial charge in [-0.25, -0.2) is 4.98 Å². The number of carbonyl (C=O) groups is 1. The highest BCUT2D eigenvalue weighted by Crippen LogP contribution is 2.17. The van der Waals surface area contributed by atoms with E-state index in [0.29, 0.717) is 11.4 Å². The molecule has 1 aliphatic heterocycles. The smallest absolute Gasteiger partial charge is 0.254 e. The number of rotatable bonds is 3. The van der Waals surface area contributed by atoms with E-state index in [1.165, 1.54) is 5.69 Å². The third kappa shape index (κ3) is 3.03. The van der Waals surface area contributed by atoms with Crippen molar-refractivity contribution < 1.29 is 9.53 Å². The van der Waals surface area contributed by atoms with Crippen molar-refractivity contribution in [2.24, 2.45) is 0 Å². The maximum atomic E-state index is 12.5. The van der Waals surface area contributed by atoms with Gasteiger partial charge in [-0.15, -0.1) is 0 Å². The molecule has 0 atom stereocenters. The molecule has 5 heteroatoms. The lowest BCUT2D eigenvalue weighted by Crippen LogP contribution is -2.48. The Morgan fingerprint density at radius 3 is 2.50 bits per heavy atom.